The molecule has 0 aliphatic heterocycles. The Hall–Kier alpha value is -0.900. The SMILES string of the molecule is CCCNC(COCCOC)Cc1cc(C)ccc1C. The molecule has 0 heterocycles. The second-order valence-corrected chi connectivity index (χ2v) is 5.35. The Morgan fingerprint density at radius 2 is 2.00 bits per heavy atom. The first-order chi connectivity index (χ1) is 9.67. The molecule has 1 aromatic carbocycles. The number of nitrogens with one attached hydrogen (secondary N) is 1. The first-order valence-corrected chi connectivity index (χ1v) is 7.53. The lowest BCUT2D eigenvalue weighted by Crippen LogP contribution is -2.36. The van der Waals surface area contributed by atoms with Crippen LogP contribution in [0.15, 0.2) is 18.2 Å². The third-order valence-electron chi connectivity index (χ3n) is 3.40. The quantitative estimate of drug-likeness (QED) is 0.668. The van der Waals surface area contributed by atoms with Gasteiger partial charge in [-0.2, -0.15) is 0 Å². The molecule has 0 amide bonds. The number of methoxy groups -OCH3 is 1. The van der Waals surface area contributed by atoms with E-state index in [9.17, 15) is 0 Å². The minimum Gasteiger partial charge on any atom is -0.382 e. The maximum absolute atomic E-state index is 5.69. The zero-order chi connectivity index (χ0) is 14.8. The molecule has 0 spiro atoms. The summed E-state index contributed by atoms with van der Waals surface area (Å²) >= 11 is 0. The van der Waals surface area contributed by atoms with E-state index < -0.39 is 0 Å². The summed E-state index contributed by atoms with van der Waals surface area (Å²) in [5.41, 5.74) is 4.09. The summed E-state index contributed by atoms with van der Waals surface area (Å²) in [6, 6.07) is 7.02. The van der Waals surface area contributed by atoms with Crippen molar-refractivity contribution in [2.75, 3.05) is 33.5 Å². The van der Waals surface area contributed by atoms with Gasteiger partial charge in [0.15, 0.2) is 0 Å². The first kappa shape index (κ1) is 17.2. The topological polar surface area (TPSA) is 30.5 Å². The molecule has 0 saturated heterocycles. The van der Waals surface area contributed by atoms with E-state index in [-0.39, 0.29) is 0 Å². The minimum absolute atomic E-state index is 0.368. The van der Waals surface area contributed by atoms with Crippen molar-refractivity contribution in [2.24, 2.45) is 0 Å². The Labute approximate surface area is 123 Å². The smallest absolute Gasteiger partial charge is 0.0701 e. The molecular formula is C17H29NO2. The fourth-order valence-electron chi connectivity index (χ4n) is 2.19. The molecule has 1 aromatic rings. The van der Waals surface area contributed by atoms with Gasteiger partial charge >= 0.3 is 0 Å². The van der Waals surface area contributed by atoms with Crippen molar-refractivity contribution < 1.29 is 9.47 Å². The maximum Gasteiger partial charge on any atom is 0.0701 e. The summed E-state index contributed by atoms with van der Waals surface area (Å²) in [5, 5.41) is 3.58. The van der Waals surface area contributed by atoms with Crippen molar-refractivity contribution in [2.45, 2.75) is 39.7 Å². The van der Waals surface area contributed by atoms with Crippen LogP contribution >= 0.6 is 0 Å². The highest BCUT2D eigenvalue weighted by Crippen LogP contribution is 2.13. The average Bonchev–Trinajstić information content (AvgIpc) is 2.44. The van der Waals surface area contributed by atoms with E-state index in [2.05, 4.69) is 44.3 Å². The first-order valence-electron chi connectivity index (χ1n) is 7.53. The molecule has 0 radical (unpaired) electrons. The Morgan fingerprint density at radius 1 is 1.20 bits per heavy atom. The Balaban J connectivity index is 2.55. The summed E-state index contributed by atoms with van der Waals surface area (Å²) in [7, 11) is 1.70. The van der Waals surface area contributed by atoms with Gasteiger partial charge in [-0.05, 0) is 44.4 Å². The van der Waals surface area contributed by atoms with Crippen LogP contribution in [-0.2, 0) is 15.9 Å². The molecule has 3 nitrogen and oxygen atoms in total. The van der Waals surface area contributed by atoms with Crippen molar-refractivity contribution in [3.05, 3.63) is 34.9 Å². The zero-order valence-electron chi connectivity index (χ0n) is 13.4. The van der Waals surface area contributed by atoms with E-state index >= 15 is 0 Å². The van der Waals surface area contributed by atoms with Gasteiger partial charge in [0, 0.05) is 13.2 Å². The lowest BCUT2D eigenvalue weighted by molar-refractivity contribution is 0.0587. The Morgan fingerprint density at radius 3 is 2.70 bits per heavy atom. The molecule has 20 heavy (non-hydrogen) atoms. The normalized spacial score (nSPS) is 12.6. The molecular weight excluding hydrogens is 250 g/mol. The standard InChI is InChI=1S/C17H29NO2/c1-5-8-18-17(13-20-10-9-19-4)12-16-11-14(2)6-7-15(16)3/h6-7,11,17-18H,5,8-10,12-13H2,1-4H3. The predicted octanol–water partition coefficient (Wildman–Crippen LogP) is 2.88. The van der Waals surface area contributed by atoms with Crippen LogP contribution in [0.4, 0.5) is 0 Å². The number of rotatable bonds is 10. The Bertz CT molecular complexity index is 379. The summed E-state index contributed by atoms with van der Waals surface area (Å²) in [4.78, 5) is 0. The molecule has 0 aliphatic carbocycles. The molecule has 0 saturated carbocycles. The molecule has 0 aliphatic rings. The molecule has 1 unspecified atom stereocenters. The summed E-state index contributed by atoms with van der Waals surface area (Å²) in [6.45, 7) is 9.59. The van der Waals surface area contributed by atoms with E-state index in [0.29, 0.717) is 19.3 Å². The van der Waals surface area contributed by atoms with Crippen molar-refractivity contribution in [3.63, 3.8) is 0 Å². The fraction of sp³-hybridized carbons (Fsp3) is 0.647. The molecule has 1 rings (SSSR count). The average molecular weight is 279 g/mol. The lowest BCUT2D eigenvalue weighted by atomic mass is 9.99. The fourth-order valence-corrected chi connectivity index (χ4v) is 2.19. The molecule has 1 N–H and O–H groups in total. The zero-order valence-corrected chi connectivity index (χ0v) is 13.4. The van der Waals surface area contributed by atoms with Crippen LogP contribution in [0.5, 0.6) is 0 Å². The van der Waals surface area contributed by atoms with E-state index in [0.717, 1.165) is 26.0 Å². The van der Waals surface area contributed by atoms with Gasteiger partial charge in [-0.25, -0.2) is 0 Å². The van der Waals surface area contributed by atoms with Gasteiger partial charge in [0.2, 0.25) is 0 Å². The van der Waals surface area contributed by atoms with E-state index in [1.165, 1.54) is 16.7 Å². The van der Waals surface area contributed by atoms with Gasteiger partial charge < -0.3 is 14.8 Å². The minimum atomic E-state index is 0.368. The molecule has 114 valence electrons. The highest BCUT2D eigenvalue weighted by atomic mass is 16.5. The third kappa shape index (κ3) is 6.51. The monoisotopic (exact) mass is 279 g/mol. The van der Waals surface area contributed by atoms with Crippen LogP contribution in [0.1, 0.15) is 30.0 Å². The van der Waals surface area contributed by atoms with Gasteiger partial charge in [-0.3, -0.25) is 0 Å². The molecule has 0 fully saturated rings. The van der Waals surface area contributed by atoms with E-state index in [1.807, 2.05) is 0 Å². The van der Waals surface area contributed by atoms with Crippen molar-refractivity contribution in [3.8, 4) is 0 Å². The van der Waals surface area contributed by atoms with Crippen LogP contribution in [0.25, 0.3) is 0 Å². The van der Waals surface area contributed by atoms with Gasteiger partial charge in [0.25, 0.3) is 0 Å². The number of hydrogen-bond acceptors (Lipinski definition) is 3. The summed E-state index contributed by atoms with van der Waals surface area (Å²) < 4.78 is 10.7. The van der Waals surface area contributed by atoms with Crippen molar-refractivity contribution in [1.82, 2.24) is 5.32 Å². The van der Waals surface area contributed by atoms with Gasteiger partial charge in [-0.15, -0.1) is 0 Å². The van der Waals surface area contributed by atoms with Gasteiger partial charge in [-0.1, -0.05) is 30.7 Å². The highest BCUT2D eigenvalue weighted by Gasteiger charge is 2.11. The van der Waals surface area contributed by atoms with Crippen LogP contribution in [-0.4, -0.2) is 39.5 Å². The predicted molar refractivity (Wildman–Crippen MR) is 84.4 cm³/mol. The van der Waals surface area contributed by atoms with Gasteiger partial charge in [0.1, 0.15) is 0 Å². The molecule has 3 heteroatoms. The number of aryl methyl sites for hydroxylation is 2. The van der Waals surface area contributed by atoms with E-state index in [1.54, 1.807) is 7.11 Å². The van der Waals surface area contributed by atoms with Crippen LogP contribution in [0.2, 0.25) is 0 Å². The molecule has 0 aromatic heterocycles. The van der Waals surface area contributed by atoms with Gasteiger partial charge in [0.05, 0.1) is 19.8 Å². The van der Waals surface area contributed by atoms with Crippen LogP contribution < -0.4 is 5.32 Å². The summed E-state index contributed by atoms with van der Waals surface area (Å²) in [6.07, 6.45) is 2.15. The van der Waals surface area contributed by atoms with Crippen LogP contribution in [0, 0.1) is 13.8 Å². The number of hydrogen-bond donors (Lipinski definition) is 1. The Kier molecular flexibility index (Phi) is 8.51. The van der Waals surface area contributed by atoms with Crippen molar-refractivity contribution in [1.29, 1.82) is 0 Å². The summed E-state index contributed by atoms with van der Waals surface area (Å²) in [5.74, 6) is 0. The second kappa shape index (κ2) is 9.92. The lowest BCUT2D eigenvalue weighted by Gasteiger charge is -2.20. The van der Waals surface area contributed by atoms with E-state index in [4.69, 9.17) is 9.47 Å². The van der Waals surface area contributed by atoms with Crippen LogP contribution in [0.3, 0.4) is 0 Å². The van der Waals surface area contributed by atoms with Crippen molar-refractivity contribution >= 4 is 0 Å². The molecule has 1 atom stereocenters. The largest absolute Gasteiger partial charge is 0.382 e. The molecule has 0 bridgehead atoms. The highest BCUT2D eigenvalue weighted by molar-refractivity contribution is 5.31. The number of benzene rings is 1. The maximum atomic E-state index is 5.69. The second-order valence-electron chi connectivity index (χ2n) is 5.35. The number of ether oxygens (including phenoxy) is 2. The third-order valence-corrected chi connectivity index (χ3v) is 3.40.